The van der Waals surface area contributed by atoms with Gasteiger partial charge in [-0.2, -0.15) is 0 Å². The number of pyridine rings is 1. The molecule has 1 aromatic carbocycles. The minimum absolute atomic E-state index is 0.401. The summed E-state index contributed by atoms with van der Waals surface area (Å²) in [6.45, 7) is 6.75. The Morgan fingerprint density at radius 1 is 1.32 bits per heavy atom. The lowest BCUT2D eigenvalue weighted by molar-refractivity contribution is 0.0527. The molecule has 7 heteroatoms. The second-order valence-electron chi connectivity index (χ2n) is 6.93. The number of hydrogen-bond donors (Lipinski definition) is 2. The molecule has 0 atom stereocenters. The summed E-state index contributed by atoms with van der Waals surface area (Å²) in [6.07, 6.45) is 2.12. The normalized spacial score (nSPS) is 11.8. The number of alkyl carbamates (subject to hydrolysis) is 1. The van der Waals surface area contributed by atoms with E-state index in [0.29, 0.717) is 24.4 Å². The van der Waals surface area contributed by atoms with Crippen LogP contribution in [-0.4, -0.2) is 32.8 Å². The first-order chi connectivity index (χ1) is 11.8. The predicted octanol–water partition coefficient (Wildman–Crippen LogP) is 3.08. The van der Waals surface area contributed by atoms with E-state index in [9.17, 15) is 4.79 Å². The number of nitrogen functional groups attached to an aromatic ring is 1. The number of benzene rings is 1. The van der Waals surface area contributed by atoms with Crippen molar-refractivity contribution < 1.29 is 9.53 Å². The van der Waals surface area contributed by atoms with Gasteiger partial charge in [0.15, 0.2) is 5.82 Å². The molecule has 3 rings (SSSR count). The second kappa shape index (κ2) is 6.58. The maximum absolute atomic E-state index is 11.7. The molecule has 0 fully saturated rings. The minimum atomic E-state index is -0.492. The summed E-state index contributed by atoms with van der Waals surface area (Å²) in [7, 11) is 0. The highest BCUT2D eigenvalue weighted by Gasteiger charge is 2.16. The van der Waals surface area contributed by atoms with Gasteiger partial charge in [-0.15, -0.1) is 0 Å². The van der Waals surface area contributed by atoms with Crippen LogP contribution in [0.4, 0.5) is 10.6 Å². The van der Waals surface area contributed by atoms with Crippen LogP contribution in [0.5, 0.6) is 0 Å². The standard InChI is InChI=1S/C18H23N5O2/c1-18(2,3)25-17(24)20-9-6-10-23-11-21-14-15(23)12-7-4-5-8-13(12)22-16(14)19/h4-5,7-8,11H,6,9-10H2,1-3H3,(H2,19,22)(H,20,24). The molecule has 132 valence electrons. The first-order valence-corrected chi connectivity index (χ1v) is 8.31. The number of rotatable bonds is 4. The van der Waals surface area contributed by atoms with E-state index in [-0.39, 0.29) is 0 Å². The molecule has 0 saturated heterocycles. The number of carbonyl (C=O) groups is 1. The molecule has 1 amide bonds. The van der Waals surface area contributed by atoms with E-state index >= 15 is 0 Å². The van der Waals surface area contributed by atoms with Gasteiger partial charge in [-0.1, -0.05) is 18.2 Å². The number of amides is 1. The molecule has 0 aliphatic carbocycles. The van der Waals surface area contributed by atoms with Crippen LogP contribution in [0.2, 0.25) is 0 Å². The molecule has 0 radical (unpaired) electrons. The van der Waals surface area contributed by atoms with E-state index in [4.69, 9.17) is 10.5 Å². The van der Waals surface area contributed by atoms with E-state index in [0.717, 1.165) is 22.8 Å². The summed E-state index contributed by atoms with van der Waals surface area (Å²) >= 11 is 0. The third-order valence-corrected chi connectivity index (χ3v) is 3.72. The van der Waals surface area contributed by atoms with Crippen LogP contribution in [0.15, 0.2) is 30.6 Å². The molecule has 3 N–H and O–H groups in total. The summed E-state index contributed by atoms with van der Waals surface area (Å²) in [5.41, 5.74) is 8.06. The number of nitrogens with two attached hydrogens (primary N) is 1. The number of fused-ring (bicyclic) bond motifs is 3. The van der Waals surface area contributed by atoms with Crippen LogP contribution < -0.4 is 11.1 Å². The second-order valence-corrected chi connectivity index (χ2v) is 6.93. The van der Waals surface area contributed by atoms with Crippen LogP contribution in [0.3, 0.4) is 0 Å². The number of carbonyl (C=O) groups excluding carboxylic acids is 1. The van der Waals surface area contributed by atoms with Crippen molar-refractivity contribution in [1.29, 1.82) is 0 Å². The molecule has 0 aliphatic rings. The van der Waals surface area contributed by atoms with Crippen molar-refractivity contribution in [1.82, 2.24) is 19.9 Å². The van der Waals surface area contributed by atoms with Crippen molar-refractivity contribution in [3.8, 4) is 0 Å². The molecule has 0 spiro atoms. The fourth-order valence-corrected chi connectivity index (χ4v) is 2.73. The highest BCUT2D eigenvalue weighted by Crippen LogP contribution is 2.26. The first-order valence-electron chi connectivity index (χ1n) is 8.31. The summed E-state index contributed by atoms with van der Waals surface area (Å²) in [4.78, 5) is 20.5. The zero-order valence-corrected chi connectivity index (χ0v) is 14.7. The van der Waals surface area contributed by atoms with Crippen LogP contribution >= 0.6 is 0 Å². The first kappa shape index (κ1) is 17.0. The zero-order valence-electron chi connectivity index (χ0n) is 14.7. The Kier molecular flexibility index (Phi) is 4.48. The largest absolute Gasteiger partial charge is 0.444 e. The molecule has 0 saturated carbocycles. The molecule has 0 unspecified atom stereocenters. The Balaban J connectivity index is 1.71. The molecule has 0 aliphatic heterocycles. The molecular formula is C18H23N5O2. The van der Waals surface area contributed by atoms with E-state index in [2.05, 4.69) is 15.3 Å². The maximum atomic E-state index is 11.7. The van der Waals surface area contributed by atoms with Gasteiger partial charge in [-0.3, -0.25) is 0 Å². The number of aryl methyl sites for hydroxylation is 1. The van der Waals surface area contributed by atoms with Crippen LogP contribution in [-0.2, 0) is 11.3 Å². The quantitative estimate of drug-likeness (QED) is 0.711. The number of aromatic nitrogens is 3. The molecule has 2 heterocycles. The number of hydrogen-bond acceptors (Lipinski definition) is 5. The third kappa shape index (κ3) is 3.81. The van der Waals surface area contributed by atoms with Crippen LogP contribution in [0, 0.1) is 0 Å². The number of anilines is 1. The van der Waals surface area contributed by atoms with E-state index in [1.165, 1.54) is 0 Å². The van der Waals surface area contributed by atoms with E-state index < -0.39 is 11.7 Å². The molecular weight excluding hydrogens is 318 g/mol. The summed E-state index contributed by atoms with van der Waals surface area (Å²) in [5, 5.41) is 3.78. The number of para-hydroxylation sites is 1. The van der Waals surface area contributed by atoms with Crippen molar-refractivity contribution in [2.75, 3.05) is 12.3 Å². The van der Waals surface area contributed by atoms with Gasteiger partial charge in [0.25, 0.3) is 0 Å². The number of imidazole rings is 1. The van der Waals surface area contributed by atoms with Gasteiger partial charge in [-0.25, -0.2) is 14.8 Å². The van der Waals surface area contributed by atoms with Gasteiger partial charge in [0, 0.05) is 18.5 Å². The summed E-state index contributed by atoms with van der Waals surface area (Å²) in [6, 6.07) is 7.86. The number of nitrogens with one attached hydrogen (secondary N) is 1. The molecule has 7 nitrogen and oxygen atoms in total. The Morgan fingerprint density at radius 3 is 2.84 bits per heavy atom. The fourth-order valence-electron chi connectivity index (χ4n) is 2.73. The lowest BCUT2D eigenvalue weighted by atomic mass is 10.2. The van der Waals surface area contributed by atoms with Crippen LogP contribution in [0.1, 0.15) is 27.2 Å². The van der Waals surface area contributed by atoms with Gasteiger partial charge in [0.1, 0.15) is 11.1 Å². The van der Waals surface area contributed by atoms with E-state index in [1.807, 2.05) is 49.6 Å². The van der Waals surface area contributed by atoms with Crippen molar-refractivity contribution in [3.05, 3.63) is 30.6 Å². The van der Waals surface area contributed by atoms with Crippen molar-refractivity contribution in [3.63, 3.8) is 0 Å². The number of ether oxygens (including phenoxy) is 1. The summed E-state index contributed by atoms with van der Waals surface area (Å²) in [5.74, 6) is 0.430. The molecule has 0 bridgehead atoms. The van der Waals surface area contributed by atoms with Gasteiger partial charge >= 0.3 is 6.09 Å². The zero-order chi connectivity index (χ0) is 18.0. The minimum Gasteiger partial charge on any atom is -0.444 e. The Bertz CT molecular complexity index is 911. The summed E-state index contributed by atoms with van der Waals surface area (Å²) < 4.78 is 7.27. The van der Waals surface area contributed by atoms with Gasteiger partial charge in [0.05, 0.1) is 17.4 Å². The topological polar surface area (TPSA) is 95.1 Å². The Labute approximate surface area is 146 Å². The lowest BCUT2D eigenvalue weighted by Crippen LogP contribution is -2.33. The van der Waals surface area contributed by atoms with Crippen LogP contribution in [0.25, 0.3) is 21.9 Å². The van der Waals surface area contributed by atoms with Gasteiger partial charge in [0.2, 0.25) is 0 Å². The van der Waals surface area contributed by atoms with Gasteiger partial charge in [-0.05, 0) is 33.3 Å². The Morgan fingerprint density at radius 2 is 2.08 bits per heavy atom. The highest BCUT2D eigenvalue weighted by molar-refractivity contribution is 6.06. The Hall–Kier alpha value is -2.83. The van der Waals surface area contributed by atoms with Crippen molar-refractivity contribution in [2.45, 2.75) is 39.3 Å². The van der Waals surface area contributed by atoms with Crippen molar-refractivity contribution in [2.24, 2.45) is 0 Å². The van der Waals surface area contributed by atoms with Crippen molar-refractivity contribution >= 4 is 33.8 Å². The van der Waals surface area contributed by atoms with E-state index in [1.54, 1.807) is 6.33 Å². The third-order valence-electron chi connectivity index (χ3n) is 3.72. The monoisotopic (exact) mass is 341 g/mol. The highest BCUT2D eigenvalue weighted by atomic mass is 16.6. The maximum Gasteiger partial charge on any atom is 0.407 e. The molecule has 25 heavy (non-hydrogen) atoms. The average molecular weight is 341 g/mol. The average Bonchev–Trinajstić information content (AvgIpc) is 2.95. The lowest BCUT2D eigenvalue weighted by Gasteiger charge is -2.19. The molecule has 2 aromatic heterocycles. The fraction of sp³-hybridized carbons (Fsp3) is 0.389. The predicted molar refractivity (Wildman–Crippen MR) is 98.3 cm³/mol. The smallest absolute Gasteiger partial charge is 0.407 e. The van der Waals surface area contributed by atoms with Gasteiger partial charge < -0.3 is 20.4 Å². The SMILES string of the molecule is CC(C)(C)OC(=O)NCCCn1cnc2c(N)nc3ccccc3c21. The number of nitrogens with zero attached hydrogens (tertiary/aromatic N) is 3. The molecule has 3 aromatic rings.